The lowest BCUT2D eigenvalue weighted by molar-refractivity contribution is 0.102. The van der Waals surface area contributed by atoms with E-state index in [1.807, 2.05) is 0 Å². The van der Waals surface area contributed by atoms with Crippen molar-refractivity contribution in [2.24, 2.45) is 0 Å². The van der Waals surface area contributed by atoms with E-state index < -0.39 is 0 Å². The van der Waals surface area contributed by atoms with Crippen molar-refractivity contribution >= 4 is 11.6 Å². The van der Waals surface area contributed by atoms with Crippen LogP contribution in [0.4, 0.5) is 5.69 Å². The highest BCUT2D eigenvalue weighted by molar-refractivity contribution is 6.04. The monoisotopic (exact) mass is 238 g/mol. The van der Waals surface area contributed by atoms with Crippen molar-refractivity contribution in [2.75, 3.05) is 5.32 Å². The molecule has 2 N–H and O–H groups in total. The Labute approximate surface area is 104 Å². The van der Waals surface area contributed by atoms with E-state index in [-0.39, 0.29) is 17.2 Å². The van der Waals surface area contributed by atoms with Gasteiger partial charge in [-0.15, -0.1) is 6.42 Å². The van der Waals surface area contributed by atoms with Crippen LogP contribution in [-0.2, 0) is 0 Å². The Balaban J connectivity index is 2.19. The average molecular weight is 238 g/mol. The molecule has 0 saturated carbocycles. The molecule has 4 nitrogen and oxygen atoms in total. The number of aromatic nitrogens is 1. The fourth-order valence-corrected chi connectivity index (χ4v) is 1.44. The van der Waals surface area contributed by atoms with Crippen LogP contribution in [0.25, 0.3) is 0 Å². The summed E-state index contributed by atoms with van der Waals surface area (Å²) in [6.45, 7) is 0. The van der Waals surface area contributed by atoms with E-state index in [1.54, 1.807) is 24.3 Å². The first-order valence-electron chi connectivity index (χ1n) is 5.21. The molecule has 0 spiro atoms. The van der Waals surface area contributed by atoms with Gasteiger partial charge in [-0.25, -0.2) is 0 Å². The Hall–Kier alpha value is -2.80. The third-order valence-corrected chi connectivity index (χ3v) is 2.27. The molecule has 0 atom stereocenters. The number of nitrogens with zero attached hydrogens (tertiary/aromatic N) is 1. The number of hydrogen-bond donors (Lipinski definition) is 2. The number of terminal acetylenes is 1. The zero-order valence-corrected chi connectivity index (χ0v) is 9.42. The number of carbonyl (C=O) groups is 1. The number of hydrogen-bond acceptors (Lipinski definition) is 3. The normalized spacial score (nSPS) is 9.50. The maximum atomic E-state index is 11.9. The van der Waals surface area contributed by atoms with Crippen molar-refractivity contribution in [3.63, 3.8) is 0 Å². The van der Waals surface area contributed by atoms with E-state index in [9.17, 15) is 9.90 Å². The number of rotatable bonds is 2. The van der Waals surface area contributed by atoms with E-state index in [2.05, 4.69) is 16.2 Å². The quantitative estimate of drug-likeness (QED) is 0.787. The Kier molecular flexibility index (Phi) is 3.26. The summed E-state index contributed by atoms with van der Waals surface area (Å²) in [7, 11) is 0. The minimum Gasteiger partial charge on any atom is -0.506 e. The second-order valence-corrected chi connectivity index (χ2v) is 3.61. The number of amides is 1. The number of anilines is 1. The number of carbonyl (C=O) groups excluding carboxylic acids is 1. The molecule has 0 saturated heterocycles. The van der Waals surface area contributed by atoms with Crippen LogP contribution in [0, 0.1) is 12.3 Å². The predicted octanol–water partition coefficient (Wildman–Crippen LogP) is 2.02. The molecule has 1 amide bonds. The van der Waals surface area contributed by atoms with Crippen LogP contribution in [0.3, 0.4) is 0 Å². The smallest absolute Gasteiger partial charge is 0.257 e. The SMILES string of the molecule is C#Cc1cccc(NC(=O)c2cncc(O)c2)c1. The molecular weight excluding hydrogens is 228 g/mol. The van der Waals surface area contributed by atoms with Gasteiger partial charge in [0.2, 0.25) is 0 Å². The summed E-state index contributed by atoms with van der Waals surface area (Å²) in [5.41, 5.74) is 1.56. The van der Waals surface area contributed by atoms with Gasteiger partial charge in [0.1, 0.15) is 5.75 Å². The van der Waals surface area contributed by atoms with Crippen LogP contribution in [0.15, 0.2) is 42.7 Å². The lowest BCUT2D eigenvalue weighted by Crippen LogP contribution is -2.12. The standard InChI is InChI=1S/C14H10N2O2/c1-2-10-4-3-5-12(6-10)16-14(18)11-7-13(17)9-15-8-11/h1,3-9,17H,(H,16,18). The molecule has 0 aliphatic carbocycles. The highest BCUT2D eigenvalue weighted by Gasteiger charge is 2.07. The lowest BCUT2D eigenvalue weighted by Gasteiger charge is -2.05. The van der Waals surface area contributed by atoms with Gasteiger partial charge in [-0.05, 0) is 24.3 Å². The van der Waals surface area contributed by atoms with Gasteiger partial charge in [0.25, 0.3) is 5.91 Å². The summed E-state index contributed by atoms with van der Waals surface area (Å²) >= 11 is 0. The molecule has 0 fully saturated rings. The molecule has 2 aromatic rings. The summed E-state index contributed by atoms with van der Waals surface area (Å²) in [6, 6.07) is 8.29. The zero-order chi connectivity index (χ0) is 13.0. The molecule has 0 radical (unpaired) electrons. The van der Waals surface area contributed by atoms with Gasteiger partial charge in [0.15, 0.2) is 0 Å². The fraction of sp³-hybridized carbons (Fsp3) is 0. The first-order chi connectivity index (χ1) is 8.69. The van der Waals surface area contributed by atoms with Crippen molar-refractivity contribution in [3.05, 3.63) is 53.9 Å². The highest BCUT2D eigenvalue weighted by atomic mass is 16.3. The number of benzene rings is 1. The maximum absolute atomic E-state index is 11.9. The Morgan fingerprint density at radius 3 is 2.89 bits per heavy atom. The molecule has 0 aliphatic heterocycles. The number of nitrogens with one attached hydrogen (secondary N) is 1. The van der Waals surface area contributed by atoms with Crippen LogP contribution in [0.5, 0.6) is 5.75 Å². The molecule has 1 aromatic heterocycles. The van der Waals surface area contributed by atoms with Gasteiger partial charge in [0.05, 0.1) is 11.8 Å². The van der Waals surface area contributed by atoms with Gasteiger partial charge in [-0.1, -0.05) is 12.0 Å². The molecule has 0 bridgehead atoms. The minimum absolute atomic E-state index is 0.0555. The molecule has 1 heterocycles. The molecule has 0 unspecified atom stereocenters. The molecule has 18 heavy (non-hydrogen) atoms. The van der Waals surface area contributed by atoms with Crippen LogP contribution < -0.4 is 5.32 Å². The third kappa shape index (κ3) is 2.66. The minimum atomic E-state index is -0.354. The van der Waals surface area contributed by atoms with Gasteiger partial charge in [-0.3, -0.25) is 9.78 Å². The zero-order valence-electron chi connectivity index (χ0n) is 9.42. The summed E-state index contributed by atoms with van der Waals surface area (Å²) in [5, 5.41) is 11.9. The second-order valence-electron chi connectivity index (χ2n) is 3.61. The summed E-state index contributed by atoms with van der Waals surface area (Å²) in [6.07, 6.45) is 7.91. The first kappa shape index (κ1) is 11.7. The highest BCUT2D eigenvalue weighted by Crippen LogP contribution is 2.13. The Bertz CT molecular complexity index is 630. The van der Waals surface area contributed by atoms with E-state index in [1.165, 1.54) is 18.5 Å². The van der Waals surface area contributed by atoms with Crippen molar-refractivity contribution in [1.29, 1.82) is 0 Å². The van der Waals surface area contributed by atoms with Crippen LogP contribution in [0.2, 0.25) is 0 Å². The van der Waals surface area contributed by atoms with Gasteiger partial charge < -0.3 is 10.4 Å². The molecular formula is C14H10N2O2. The van der Waals surface area contributed by atoms with Crippen molar-refractivity contribution < 1.29 is 9.90 Å². The van der Waals surface area contributed by atoms with E-state index in [4.69, 9.17) is 6.42 Å². The number of pyridine rings is 1. The maximum Gasteiger partial charge on any atom is 0.257 e. The van der Waals surface area contributed by atoms with Gasteiger partial charge in [-0.2, -0.15) is 0 Å². The van der Waals surface area contributed by atoms with E-state index >= 15 is 0 Å². The molecule has 1 aromatic carbocycles. The van der Waals surface area contributed by atoms with Crippen molar-refractivity contribution in [3.8, 4) is 18.1 Å². The lowest BCUT2D eigenvalue weighted by atomic mass is 10.2. The number of aromatic hydroxyl groups is 1. The fourth-order valence-electron chi connectivity index (χ4n) is 1.44. The second kappa shape index (κ2) is 5.02. The summed E-state index contributed by atoms with van der Waals surface area (Å²) in [5.74, 6) is 2.08. The van der Waals surface area contributed by atoms with Crippen LogP contribution in [0.1, 0.15) is 15.9 Å². The molecule has 4 heteroatoms. The van der Waals surface area contributed by atoms with Crippen molar-refractivity contribution in [2.45, 2.75) is 0 Å². The summed E-state index contributed by atoms with van der Waals surface area (Å²) in [4.78, 5) is 15.6. The van der Waals surface area contributed by atoms with Crippen LogP contribution >= 0.6 is 0 Å². The Morgan fingerprint density at radius 2 is 2.17 bits per heavy atom. The van der Waals surface area contributed by atoms with E-state index in [0.717, 1.165) is 0 Å². The van der Waals surface area contributed by atoms with Crippen molar-refractivity contribution in [1.82, 2.24) is 4.98 Å². The summed E-state index contributed by atoms with van der Waals surface area (Å²) < 4.78 is 0. The topological polar surface area (TPSA) is 62.2 Å². The molecule has 2 rings (SSSR count). The Morgan fingerprint density at radius 1 is 1.33 bits per heavy atom. The largest absolute Gasteiger partial charge is 0.506 e. The van der Waals surface area contributed by atoms with Gasteiger partial charge >= 0.3 is 0 Å². The van der Waals surface area contributed by atoms with E-state index in [0.29, 0.717) is 11.3 Å². The first-order valence-corrected chi connectivity index (χ1v) is 5.21. The average Bonchev–Trinajstić information content (AvgIpc) is 2.39. The predicted molar refractivity (Wildman–Crippen MR) is 68.2 cm³/mol. The molecule has 88 valence electrons. The van der Waals surface area contributed by atoms with Gasteiger partial charge in [0, 0.05) is 17.4 Å². The third-order valence-electron chi connectivity index (χ3n) is 2.27. The molecule has 0 aliphatic rings. The van der Waals surface area contributed by atoms with Crippen LogP contribution in [-0.4, -0.2) is 16.0 Å².